The first-order valence-electron chi connectivity index (χ1n) is 3.17. The highest BCUT2D eigenvalue weighted by molar-refractivity contribution is 7.86. The Kier molecular flexibility index (Phi) is 4.08. The molecule has 0 rings (SSSR count). The van der Waals surface area contributed by atoms with Crippen LogP contribution in [0.2, 0.25) is 0 Å². The van der Waals surface area contributed by atoms with Gasteiger partial charge < -0.3 is 19.5 Å². The summed E-state index contributed by atoms with van der Waals surface area (Å²) in [5.74, 6) is 0. The molecule has 0 bridgehead atoms. The first kappa shape index (κ1) is 11.8. The van der Waals surface area contributed by atoms with Gasteiger partial charge in [-0.1, -0.05) is 0 Å². The third-order valence-electron chi connectivity index (χ3n) is 1.14. The quantitative estimate of drug-likeness (QED) is 0.401. The second kappa shape index (κ2) is 4.15. The van der Waals surface area contributed by atoms with E-state index in [9.17, 15) is 13.0 Å². The van der Waals surface area contributed by atoms with Crippen molar-refractivity contribution < 1.29 is 27.9 Å². The lowest BCUT2D eigenvalue weighted by Gasteiger charge is -2.25. The number of aliphatic hydroxyl groups is 2. The normalized spacial score (nSPS) is 17.3. The topological polar surface area (TPSA) is 107 Å². The van der Waals surface area contributed by atoms with E-state index in [1.54, 1.807) is 0 Å². The van der Waals surface area contributed by atoms with E-state index in [2.05, 4.69) is 4.74 Å². The fourth-order valence-corrected chi connectivity index (χ4v) is 0.626. The summed E-state index contributed by atoms with van der Waals surface area (Å²) < 4.78 is 35.4. The first-order chi connectivity index (χ1) is 5.31. The Bertz CT molecular complexity index is 218. The summed E-state index contributed by atoms with van der Waals surface area (Å²) in [6, 6.07) is 0. The van der Waals surface area contributed by atoms with Crippen LogP contribution in [-0.2, 0) is 14.9 Å². The lowest BCUT2D eigenvalue weighted by atomic mass is 10.4. The van der Waals surface area contributed by atoms with Gasteiger partial charge in [-0.25, -0.2) is 8.42 Å². The molecule has 0 aromatic heterocycles. The van der Waals surface area contributed by atoms with E-state index in [0.717, 1.165) is 6.92 Å². The van der Waals surface area contributed by atoms with Crippen LogP contribution in [0.25, 0.3) is 0 Å². The molecule has 74 valence electrons. The van der Waals surface area contributed by atoms with Gasteiger partial charge in [0.05, 0.1) is 19.8 Å². The maximum Gasteiger partial charge on any atom is 0.174 e. The van der Waals surface area contributed by atoms with Gasteiger partial charge in [-0.2, -0.15) is 0 Å². The minimum atomic E-state index is -4.78. The van der Waals surface area contributed by atoms with E-state index in [1.807, 2.05) is 0 Å². The molecule has 0 radical (unpaired) electrons. The van der Waals surface area contributed by atoms with Crippen molar-refractivity contribution in [2.75, 3.05) is 19.8 Å². The molecule has 0 aliphatic rings. The number of hydrogen-bond donors (Lipinski definition) is 2. The van der Waals surface area contributed by atoms with Crippen LogP contribution in [-0.4, -0.2) is 47.9 Å². The highest BCUT2D eigenvalue weighted by atomic mass is 32.2. The molecule has 0 aromatic rings. The summed E-state index contributed by atoms with van der Waals surface area (Å²) >= 11 is 0. The molecule has 2 N–H and O–H groups in total. The van der Waals surface area contributed by atoms with Gasteiger partial charge in [0.25, 0.3) is 0 Å². The molecule has 0 heterocycles. The molecule has 0 aliphatic carbocycles. The van der Waals surface area contributed by atoms with Crippen molar-refractivity contribution in [2.45, 2.75) is 11.9 Å². The van der Waals surface area contributed by atoms with Gasteiger partial charge in [-0.3, -0.25) is 0 Å². The zero-order valence-corrected chi connectivity index (χ0v) is 7.37. The number of ether oxygens (including phenoxy) is 1. The largest absolute Gasteiger partial charge is 0.746 e. The van der Waals surface area contributed by atoms with Crippen LogP contribution in [0, 0.1) is 0 Å². The van der Waals surface area contributed by atoms with Gasteiger partial charge in [0, 0.05) is 0 Å². The molecule has 6 nitrogen and oxygen atoms in total. The van der Waals surface area contributed by atoms with Gasteiger partial charge in [0.1, 0.15) is 10.1 Å². The Morgan fingerprint density at radius 3 is 2.42 bits per heavy atom. The molecule has 0 spiro atoms. The third-order valence-corrected chi connectivity index (χ3v) is 2.34. The van der Waals surface area contributed by atoms with Gasteiger partial charge in [0.2, 0.25) is 0 Å². The minimum absolute atomic E-state index is 0.119. The van der Waals surface area contributed by atoms with Gasteiger partial charge in [-0.05, 0) is 6.92 Å². The zero-order valence-electron chi connectivity index (χ0n) is 6.56. The molecular weight excluding hydrogens is 188 g/mol. The van der Waals surface area contributed by atoms with Crippen molar-refractivity contribution in [3.63, 3.8) is 0 Å². The van der Waals surface area contributed by atoms with Crippen molar-refractivity contribution in [1.82, 2.24) is 0 Å². The van der Waals surface area contributed by atoms with Crippen LogP contribution >= 0.6 is 0 Å². The van der Waals surface area contributed by atoms with Crippen LogP contribution in [0.3, 0.4) is 0 Å². The van der Waals surface area contributed by atoms with Crippen molar-refractivity contribution >= 4 is 10.1 Å². The molecule has 0 aromatic carbocycles. The average Bonchev–Trinajstić information content (AvgIpc) is 1.85. The standard InChI is InChI=1S/C5H12O6S/c1-5(7,12(8,9)10)4-11-3-2-6/h6-7H,2-4H2,1H3,(H,8,9,10)/p-1. The van der Waals surface area contributed by atoms with Crippen molar-refractivity contribution in [3.05, 3.63) is 0 Å². The molecule has 0 saturated heterocycles. The second-order valence-corrected chi connectivity index (χ2v) is 4.19. The molecule has 0 amide bonds. The minimum Gasteiger partial charge on any atom is -0.746 e. The molecule has 7 heteroatoms. The Hall–Kier alpha value is -0.210. The highest BCUT2D eigenvalue weighted by Crippen LogP contribution is 2.11. The zero-order chi connectivity index (χ0) is 9.83. The summed E-state index contributed by atoms with van der Waals surface area (Å²) in [5, 5.41) is 17.2. The second-order valence-electron chi connectivity index (χ2n) is 2.41. The fourth-order valence-electron chi connectivity index (χ4n) is 0.398. The predicted molar refractivity (Wildman–Crippen MR) is 38.2 cm³/mol. The molecular formula is C5H11O6S-. The van der Waals surface area contributed by atoms with Crippen molar-refractivity contribution in [1.29, 1.82) is 0 Å². The van der Waals surface area contributed by atoms with Gasteiger partial charge in [0.15, 0.2) is 4.93 Å². The SMILES string of the molecule is CC(O)(COCCO)S(=O)(=O)[O-]. The Labute approximate surface area is 70.5 Å². The molecule has 1 atom stereocenters. The summed E-state index contributed by atoms with van der Waals surface area (Å²) in [4.78, 5) is -2.43. The number of hydrogen-bond acceptors (Lipinski definition) is 6. The van der Waals surface area contributed by atoms with Crippen LogP contribution < -0.4 is 0 Å². The number of rotatable bonds is 5. The lowest BCUT2D eigenvalue weighted by molar-refractivity contribution is 0.00218. The van der Waals surface area contributed by atoms with Crippen LogP contribution in [0.5, 0.6) is 0 Å². The summed E-state index contributed by atoms with van der Waals surface area (Å²) in [7, 11) is -4.78. The molecule has 1 unspecified atom stereocenters. The van der Waals surface area contributed by atoms with Crippen molar-refractivity contribution in [3.8, 4) is 0 Å². The molecule has 0 saturated carbocycles. The Balaban J connectivity index is 4.06. The maximum atomic E-state index is 10.3. The van der Waals surface area contributed by atoms with E-state index >= 15 is 0 Å². The molecule has 0 fully saturated rings. The fraction of sp³-hybridized carbons (Fsp3) is 1.00. The lowest BCUT2D eigenvalue weighted by Crippen LogP contribution is -2.40. The van der Waals surface area contributed by atoms with E-state index < -0.39 is 21.7 Å². The van der Waals surface area contributed by atoms with Gasteiger partial charge in [-0.15, -0.1) is 0 Å². The smallest absolute Gasteiger partial charge is 0.174 e. The van der Waals surface area contributed by atoms with Crippen LogP contribution in [0.1, 0.15) is 6.92 Å². The summed E-state index contributed by atoms with van der Waals surface area (Å²) in [6.45, 7) is -0.216. The van der Waals surface area contributed by atoms with Crippen LogP contribution in [0.15, 0.2) is 0 Å². The van der Waals surface area contributed by atoms with Gasteiger partial charge >= 0.3 is 0 Å². The Morgan fingerprint density at radius 1 is 1.58 bits per heavy atom. The van der Waals surface area contributed by atoms with E-state index in [1.165, 1.54) is 0 Å². The maximum absolute atomic E-state index is 10.3. The molecule has 12 heavy (non-hydrogen) atoms. The summed E-state index contributed by atoms with van der Waals surface area (Å²) in [5.41, 5.74) is 0. The third kappa shape index (κ3) is 3.46. The van der Waals surface area contributed by atoms with E-state index in [0.29, 0.717) is 0 Å². The summed E-state index contributed by atoms with van der Waals surface area (Å²) in [6.07, 6.45) is 0. The Morgan fingerprint density at radius 2 is 2.08 bits per heavy atom. The highest BCUT2D eigenvalue weighted by Gasteiger charge is 2.28. The van der Waals surface area contributed by atoms with Crippen molar-refractivity contribution in [2.24, 2.45) is 0 Å². The molecule has 0 aliphatic heterocycles. The predicted octanol–water partition coefficient (Wildman–Crippen LogP) is -1.75. The van der Waals surface area contributed by atoms with Crippen LogP contribution in [0.4, 0.5) is 0 Å². The average molecular weight is 199 g/mol. The van der Waals surface area contributed by atoms with E-state index in [-0.39, 0.29) is 13.2 Å². The van der Waals surface area contributed by atoms with E-state index in [4.69, 9.17) is 10.2 Å². The first-order valence-corrected chi connectivity index (χ1v) is 4.58. The monoisotopic (exact) mass is 199 g/mol. The number of aliphatic hydroxyl groups excluding tert-OH is 1.